The summed E-state index contributed by atoms with van der Waals surface area (Å²) in [7, 11) is 0. The topological polar surface area (TPSA) is 17.1 Å². The van der Waals surface area contributed by atoms with Crippen LogP contribution in [-0.2, 0) is 4.79 Å². The molecule has 0 saturated carbocycles. The van der Waals surface area contributed by atoms with Crippen LogP contribution in [0.15, 0.2) is 12.2 Å². The van der Waals surface area contributed by atoms with Crippen molar-refractivity contribution in [1.29, 1.82) is 0 Å². The number of allylic oxidation sites excluding steroid dienone is 2. The van der Waals surface area contributed by atoms with Crippen molar-refractivity contribution in [1.82, 2.24) is 0 Å². The van der Waals surface area contributed by atoms with Crippen LogP contribution >= 0.6 is 0 Å². The smallest absolute Gasteiger partial charge is 0.136 e. The average Bonchev–Trinajstić information content (AvgIpc) is 2.20. The molecule has 1 nitrogen and oxygen atoms in total. The van der Waals surface area contributed by atoms with E-state index in [9.17, 15) is 4.79 Å². The zero-order valence-corrected chi connectivity index (χ0v) is 9.72. The van der Waals surface area contributed by atoms with Crippen molar-refractivity contribution in [2.75, 3.05) is 0 Å². The SMILES string of the molecule is CCCCC/C=C\CC(=O)CCCC. The van der Waals surface area contributed by atoms with Crippen molar-refractivity contribution in [3.05, 3.63) is 12.2 Å². The van der Waals surface area contributed by atoms with Crippen molar-refractivity contribution in [2.24, 2.45) is 0 Å². The molecule has 82 valence electrons. The van der Waals surface area contributed by atoms with Crippen LogP contribution in [-0.4, -0.2) is 5.78 Å². The van der Waals surface area contributed by atoms with Crippen LogP contribution in [0.5, 0.6) is 0 Å². The largest absolute Gasteiger partial charge is 0.299 e. The minimum Gasteiger partial charge on any atom is -0.299 e. The molecule has 0 bridgehead atoms. The quantitative estimate of drug-likeness (QED) is 0.397. The van der Waals surface area contributed by atoms with Crippen molar-refractivity contribution >= 4 is 5.78 Å². The molecule has 1 heteroatoms. The third kappa shape index (κ3) is 9.50. The second-order valence-electron chi connectivity index (χ2n) is 3.81. The lowest BCUT2D eigenvalue weighted by molar-refractivity contribution is -0.118. The zero-order valence-electron chi connectivity index (χ0n) is 9.72. The van der Waals surface area contributed by atoms with Crippen LogP contribution in [0, 0.1) is 0 Å². The molecule has 0 rings (SSSR count). The fraction of sp³-hybridized carbons (Fsp3) is 0.769. The van der Waals surface area contributed by atoms with Gasteiger partial charge in [-0.3, -0.25) is 4.79 Å². The Morgan fingerprint density at radius 3 is 2.36 bits per heavy atom. The van der Waals surface area contributed by atoms with Gasteiger partial charge in [-0.2, -0.15) is 0 Å². The fourth-order valence-corrected chi connectivity index (χ4v) is 1.32. The van der Waals surface area contributed by atoms with E-state index in [4.69, 9.17) is 0 Å². The molecular weight excluding hydrogens is 172 g/mol. The molecule has 0 aromatic rings. The second-order valence-corrected chi connectivity index (χ2v) is 3.81. The van der Waals surface area contributed by atoms with E-state index in [0.29, 0.717) is 12.2 Å². The Balaban J connectivity index is 3.27. The van der Waals surface area contributed by atoms with Crippen molar-refractivity contribution in [3.63, 3.8) is 0 Å². The van der Waals surface area contributed by atoms with E-state index in [1.54, 1.807) is 0 Å². The van der Waals surface area contributed by atoms with Gasteiger partial charge in [-0.15, -0.1) is 0 Å². The maximum Gasteiger partial charge on any atom is 0.136 e. The first-order valence-electron chi connectivity index (χ1n) is 5.98. The molecule has 0 aliphatic rings. The molecule has 0 spiro atoms. The number of carbonyl (C=O) groups excluding carboxylic acids is 1. The molecular formula is C13H24O. The average molecular weight is 196 g/mol. The van der Waals surface area contributed by atoms with Gasteiger partial charge in [0, 0.05) is 12.8 Å². The summed E-state index contributed by atoms with van der Waals surface area (Å²) in [6.07, 6.45) is 12.7. The summed E-state index contributed by atoms with van der Waals surface area (Å²) >= 11 is 0. The highest BCUT2D eigenvalue weighted by atomic mass is 16.1. The van der Waals surface area contributed by atoms with Crippen LogP contribution in [0.3, 0.4) is 0 Å². The summed E-state index contributed by atoms with van der Waals surface area (Å²) in [5.41, 5.74) is 0. The number of ketones is 1. The summed E-state index contributed by atoms with van der Waals surface area (Å²) in [6.45, 7) is 4.33. The van der Waals surface area contributed by atoms with E-state index in [-0.39, 0.29) is 0 Å². The lowest BCUT2D eigenvalue weighted by Crippen LogP contribution is -1.94. The Bertz CT molecular complexity index is 159. The van der Waals surface area contributed by atoms with Gasteiger partial charge >= 0.3 is 0 Å². The van der Waals surface area contributed by atoms with Gasteiger partial charge in [-0.05, 0) is 19.3 Å². The number of unbranched alkanes of at least 4 members (excludes halogenated alkanes) is 4. The molecule has 0 aromatic heterocycles. The van der Waals surface area contributed by atoms with Crippen LogP contribution < -0.4 is 0 Å². The van der Waals surface area contributed by atoms with Gasteiger partial charge in [-0.25, -0.2) is 0 Å². The molecule has 0 atom stereocenters. The standard InChI is InChI=1S/C13H24O/c1-3-5-7-8-9-10-12-13(14)11-6-4-2/h9-10H,3-8,11-12H2,1-2H3/b10-9-. The monoisotopic (exact) mass is 196 g/mol. The molecule has 14 heavy (non-hydrogen) atoms. The molecule has 0 aliphatic heterocycles. The van der Waals surface area contributed by atoms with Gasteiger partial charge < -0.3 is 0 Å². The Labute approximate surface area is 88.6 Å². The van der Waals surface area contributed by atoms with Gasteiger partial charge in [0.2, 0.25) is 0 Å². The molecule has 0 fully saturated rings. The van der Waals surface area contributed by atoms with Crippen LogP contribution in [0.25, 0.3) is 0 Å². The normalized spacial score (nSPS) is 11.0. The van der Waals surface area contributed by atoms with E-state index in [1.807, 2.05) is 6.08 Å². The molecule has 0 saturated heterocycles. The predicted octanol–water partition coefficient (Wildman–Crippen LogP) is 4.27. The number of carbonyl (C=O) groups is 1. The van der Waals surface area contributed by atoms with Crippen LogP contribution in [0.2, 0.25) is 0 Å². The Morgan fingerprint density at radius 1 is 1.00 bits per heavy atom. The van der Waals surface area contributed by atoms with Gasteiger partial charge in [-0.1, -0.05) is 45.3 Å². The minimum absolute atomic E-state index is 0.388. The van der Waals surface area contributed by atoms with Crippen molar-refractivity contribution in [2.45, 2.75) is 65.2 Å². The first-order valence-corrected chi connectivity index (χ1v) is 5.98. The van der Waals surface area contributed by atoms with Gasteiger partial charge in [0.25, 0.3) is 0 Å². The summed E-state index contributed by atoms with van der Waals surface area (Å²) in [6, 6.07) is 0. The van der Waals surface area contributed by atoms with Gasteiger partial charge in [0.1, 0.15) is 5.78 Å². The molecule has 0 unspecified atom stereocenters. The van der Waals surface area contributed by atoms with E-state index < -0.39 is 0 Å². The number of hydrogen-bond acceptors (Lipinski definition) is 1. The summed E-state index contributed by atoms with van der Waals surface area (Å²) in [5.74, 6) is 0.388. The van der Waals surface area contributed by atoms with E-state index in [2.05, 4.69) is 19.9 Å². The molecule has 0 aliphatic carbocycles. The number of Topliss-reactive ketones (excluding diaryl/α,β-unsaturated/α-hetero) is 1. The predicted molar refractivity (Wildman–Crippen MR) is 62.4 cm³/mol. The minimum atomic E-state index is 0.388. The van der Waals surface area contributed by atoms with Crippen molar-refractivity contribution < 1.29 is 4.79 Å². The van der Waals surface area contributed by atoms with E-state index >= 15 is 0 Å². The van der Waals surface area contributed by atoms with Crippen LogP contribution in [0.1, 0.15) is 65.2 Å². The third-order valence-electron chi connectivity index (χ3n) is 2.30. The molecule has 0 aromatic carbocycles. The highest BCUT2D eigenvalue weighted by molar-refractivity contribution is 5.79. The van der Waals surface area contributed by atoms with Gasteiger partial charge in [0.05, 0.1) is 0 Å². The first-order chi connectivity index (χ1) is 6.81. The summed E-state index contributed by atoms with van der Waals surface area (Å²) in [4.78, 5) is 11.2. The first kappa shape index (κ1) is 13.4. The summed E-state index contributed by atoms with van der Waals surface area (Å²) < 4.78 is 0. The molecule has 0 amide bonds. The lowest BCUT2D eigenvalue weighted by Gasteiger charge is -1.94. The maximum atomic E-state index is 11.2. The maximum absolute atomic E-state index is 11.2. The van der Waals surface area contributed by atoms with Crippen molar-refractivity contribution in [3.8, 4) is 0 Å². The summed E-state index contributed by atoms with van der Waals surface area (Å²) in [5, 5.41) is 0. The van der Waals surface area contributed by atoms with E-state index in [1.165, 1.54) is 19.3 Å². The lowest BCUT2D eigenvalue weighted by atomic mass is 10.1. The molecule has 0 N–H and O–H groups in total. The number of rotatable bonds is 9. The van der Waals surface area contributed by atoms with E-state index in [0.717, 1.165) is 25.7 Å². The molecule has 0 heterocycles. The zero-order chi connectivity index (χ0) is 10.6. The Kier molecular flexibility index (Phi) is 10.0. The number of hydrogen-bond donors (Lipinski definition) is 0. The highest BCUT2D eigenvalue weighted by Gasteiger charge is 1.96. The Hall–Kier alpha value is -0.590. The van der Waals surface area contributed by atoms with Gasteiger partial charge in [0.15, 0.2) is 0 Å². The van der Waals surface area contributed by atoms with Crippen LogP contribution in [0.4, 0.5) is 0 Å². The molecule has 0 radical (unpaired) electrons. The highest BCUT2D eigenvalue weighted by Crippen LogP contribution is 2.02. The fourth-order valence-electron chi connectivity index (χ4n) is 1.32. The Morgan fingerprint density at radius 2 is 1.71 bits per heavy atom. The third-order valence-corrected chi connectivity index (χ3v) is 2.30. The second kappa shape index (κ2) is 10.5.